The summed E-state index contributed by atoms with van der Waals surface area (Å²) in [4.78, 5) is 3.14. The molecule has 0 bridgehead atoms. The van der Waals surface area contributed by atoms with Crippen molar-refractivity contribution in [1.82, 2.24) is 4.98 Å². The first-order chi connectivity index (χ1) is 12.6. The van der Waals surface area contributed by atoms with E-state index in [1.54, 1.807) is 0 Å². The highest BCUT2D eigenvalue weighted by Crippen LogP contribution is 2.22. The van der Waals surface area contributed by atoms with Crippen molar-refractivity contribution >= 4 is 11.5 Å². The van der Waals surface area contributed by atoms with E-state index < -0.39 is 68.2 Å². The van der Waals surface area contributed by atoms with Crippen molar-refractivity contribution in [3.05, 3.63) is 18.3 Å². The Balaban J connectivity index is 3.09. The van der Waals surface area contributed by atoms with Gasteiger partial charge in [0.05, 0.1) is 17.3 Å². The molecule has 3 nitrogen and oxygen atoms in total. The van der Waals surface area contributed by atoms with Crippen molar-refractivity contribution in [2.24, 2.45) is 0 Å². The molecule has 1 aromatic rings. The van der Waals surface area contributed by atoms with Crippen LogP contribution >= 0.6 is 0 Å². The Hall–Kier alpha value is -1.25. The molecule has 0 saturated carbocycles. The van der Waals surface area contributed by atoms with Crippen molar-refractivity contribution in [2.75, 3.05) is 17.1 Å². The standard InChI is InChI=1S/C11H17N3/c1-9-4-2-3-7-14(9)11-6-5-10(12)8-13-11/h5-6,8-9H,2-4,7,12H2,1H3/i1D3,2D2,3D2,4D2,5D,6D,7D2,8D,9D. The van der Waals surface area contributed by atoms with Gasteiger partial charge in [0.2, 0.25) is 0 Å². The lowest BCUT2D eigenvalue weighted by atomic mass is 10.0. The second-order valence-electron chi connectivity index (χ2n) is 2.38. The first-order valence-electron chi connectivity index (χ1n) is 11.2. The summed E-state index contributed by atoms with van der Waals surface area (Å²) in [5.41, 5.74) is 4.79. The van der Waals surface area contributed by atoms with Gasteiger partial charge in [0.1, 0.15) is 5.82 Å². The number of nitrogen functional groups attached to an aromatic ring is 1. The Kier molecular flexibility index (Phi) is 0.588. The zero-order chi connectivity index (χ0) is 23.2. The fourth-order valence-corrected chi connectivity index (χ4v) is 0.843. The summed E-state index contributed by atoms with van der Waals surface area (Å²) < 4.78 is 119. The molecule has 0 amide bonds. The number of nitrogens with two attached hydrogens (primary N) is 1. The van der Waals surface area contributed by atoms with E-state index in [2.05, 4.69) is 4.98 Å². The SMILES string of the molecule is [2H]c1nc(N2C([2H])([2H])C([2H])([2H])C([2H])([2H])C([2H])([2H])C2([2H])C([2H])([2H])[2H])c([2H])c([2H])c1N. The van der Waals surface area contributed by atoms with E-state index in [1.165, 1.54) is 0 Å². The maximum atomic E-state index is 8.41. The molecule has 0 aliphatic carbocycles. The second kappa shape index (κ2) is 3.86. The van der Waals surface area contributed by atoms with Crippen LogP contribution in [0, 0.1) is 0 Å². The molecular weight excluding hydrogens is 174 g/mol. The molecule has 0 aromatic carbocycles. The fourth-order valence-electron chi connectivity index (χ4n) is 0.843. The molecule has 76 valence electrons. The molecule has 1 unspecified atom stereocenters. The van der Waals surface area contributed by atoms with E-state index in [-0.39, 0.29) is 4.90 Å². The lowest BCUT2D eigenvalue weighted by molar-refractivity contribution is 0.481. The molecule has 1 aliphatic rings. The summed E-state index contributed by atoms with van der Waals surface area (Å²) >= 11 is 0. The van der Waals surface area contributed by atoms with Gasteiger partial charge in [-0.2, -0.15) is 0 Å². The van der Waals surface area contributed by atoms with Crippen LogP contribution in [0.4, 0.5) is 11.5 Å². The van der Waals surface area contributed by atoms with Gasteiger partial charge < -0.3 is 10.6 Å². The van der Waals surface area contributed by atoms with E-state index in [1.807, 2.05) is 0 Å². The van der Waals surface area contributed by atoms with E-state index in [9.17, 15) is 0 Å². The summed E-state index contributed by atoms with van der Waals surface area (Å²) in [6, 6.07) is -5.80. The maximum Gasteiger partial charge on any atom is 0.128 e. The van der Waals surface area contributed by atoms with Crippen LogP contribution in [0.1, 0.15) is 46.5 Å². The number of anilines is 2. The van der Waals surface area contributed by atoms with Crippen molar-refractivity contribution in [1.29, 1.82) is 0 Å². The number of rotatable bonds is 1. The van der Waals surface area contributed by atoms with Gasteiger partial charge in [0.15, 0.2) is 0 Å². The zero-order valence-corrected chi connectivity index (χ0v) is 6.97. The van der Waals surface area contributed by atoms with Gasteiger partial charge in [0, 0.05) is 27.6 Å². The average molecular weight is 206 g/mol. The molecular formula is C11H17N3. The highest BCUT2D eigenvalue weighted by molar-refractivity contribution is 5.46. The third kappa shape index (κ3) is 1.81. The van der Waals surface area contributed by atoms with Crippen molar-refractivity contribution in [3.63, 3.8) is 0 Å². The van der Waals surface area contributed by atoms with Crippen LogP contribution in [0.5, 0.6) is 0 Å². The van der Waals surface area contributed by atoms with Crippen molar-refractivity contribution in [2.45, 2.75) is 32.0 Å². The molecule has 14 heavy (non-hydrogen) atoms. The predicted octanol–water partition coefficient (Wildman–Crippen LogP) is 2.04. The number of pyridine rings is 1. The van der Waals surface area contributed by atoms with Crippen LogP contribution in [0.3, 0.4) is 0 Å². The highest BCUT2D eigenvalue weighted by atomic mass is 15.2. The lowest BCUT2D eigenvalue weighted by Gasteiger charge is -2.34. The number of hydrogen-bond acceptors (Lipinski definition) is 3. The fraction of sp³-hybridized carbons (Fsp3) is 0.545. The van der Waals surface area contributed by atoms with Crippen molar-refractivity contribution in [3.8, 4) is 0 Å². The molecule has 2 heterocycles. The molecule has 1 aliphatic heterocycles. The highest BCUT2D eigenvalue weighted by Gasteiger charge is 2.18. The molecule has 3 heteroatoms. The van der Waals surface area contributed by atoms with Crippen molar-refractivity contribution < 1.29 is 20.6 Å². The van der Waals surface area contributed by atoms with Gasteiger partial charge in [-0.25, -0.2) is 4.98 Å². The summed E-state index contributed by atoms with van der Waals surface area (Å²) in [5.74, 6) is -1.19. The summed E-state index contributed by atoms with van der Waals surface area (Å²) in [6.45, 7) is -7.52. The zero-order valence-electron chi connectivity index (χ0n) is 22.0. The van der Waals surface area contributed by atoms with E-state index >= 15 is 0 Å². The van der Waals surface area contributed by atoms with Crippen LogP contribution in [0.15, 0.2) is 18.3 Å². The molecule has 1 atom stereocenters. The Labute approximate surface area is 106 Å². The summed E-state index contributed by atoms with van der Waals surface area (Å²) in [7, 11) is 0. The Morgan fingerprint density at radius 3 is 3.57 bits per heavy atom. The molecule has 1 saturated heterocycles. The smallest absolute Gasteiger partial charge is 0.128 e. The lowest BCUT2D eigenvalue weighted by Crippen LogP contribution is -2.37. The minimum Gasteiger partial charge on any atom is -0.397 e. The van der Waals surface area contributed by atoms with Gasteiger partial charge in [-0.05, 0) is 38.1 Å². The topological polar surface area (TPSA) is 42.2 Å². The minimum atomic E-state index is -3.87. The number of piperidine rings is 1. The maximum absolute atomic E-state index is 8.41. The third-order valence-corrected chi connectivity index (χ3v) is 1.44. The van der Waals surface area contributed by atoms with Crippen LogP contribution in [0.25, 0.3) is 0 Å². The van der Waals surface area contributed by atoms with Crippen LogP contribution in [0.2, 0.25) is 0 Å². The van der Waals surface area contributed by atoms with E-state index in [4.69, 9.17) is 26.3 Å². The number of nitrogens with zero attached hydrogens (tertiary/aromatic N) is 2. The van der Waals surface area contributed by atoms with Gasteiger partial charge in [-0.1, -0.05) is 0 Å². The second-order valence-corrected chi connectivity index (χ2v) is 2.38. The normalized spacial score (nSPS) is 58.6. The van der Waals surface area contributed by atoms with Gasteiger partial charge >= 0.3 is 0 Å². The van der Waals surface area contributed by atoms with Gasteiger partial charge in [-0.3, -0.25) is 0 Å². The first kappa shape index (κ1) is 2.13. The molecule has 1 fully saturated rings. The first-order valence-corrected chi connectivity index (χ1v) is 3.66. The molecule has 2 N–H and O–H groups in total. The molecule has 1 aromatic heterocycles. The predicted molar refractivity (Wildman–Crippen MR) is 59.3 cm³/mol. The van der Waals surface area contributed by atoms with Gasteiger partial charge in [0.25, 0.3) is 0 Å². The van der Waals surface area contributed by atoms with Gasteiger partial charge in [-0.15, -0.1) is 0 Å². The molecule has 0 spiro atoms. The van der Waals surface area contributed by atoms with Crippen LogP contribution in [-0.2, 0) is 0 Å². The monoisotopic (exact) mass is 206 g/mol. The van der Waals surface area contributed by atoms with Crippen LogP contribution < -0.4 is 10.6 Å². The Morgan fingerprint density at radius 2 is 2.71 bits per heavy atom. The minimum absolute atomic E-state index is 0.299. The quantitative estimate of drug-likeness (QED) is 0.764. The summed E-state index contributed by atoms with van der Waals surface area (Å²) in [6.07, 6.45) is -12.3. The largest absolute Gasteiger partial charge is 0.397 e. The number of aromatic nitrogens is 1. The van der Waals surface area contributed by atoms with E-state index in [0.717, 1.165) is 0 Å². The Bertz CT molecular complexity index is 847. The number of hydrogen-bond donors (Lipinski definition) is 1. The third-order valence-electron chi connectivity index (χ3n) is 1.44. The van der Waals surface area contributed by atoms with Crippen LogP contribution in [-0.4, -0.2) is 17.5 Å². The van der Waals surface area contributed by atoms with E-state index in [0.29, 0.717) is 0 Å². The summed E-state index contributed by atoms with van der Waals surface area (Å²) in [5, 5.41) is 0. The average Bonchev–Trinajstić information content (AvgIpc) is 2.54. The molecule has 0 radical (unpaired) electrons. The Morgan fingerprint density at radius 1 is 1.79 bits per heavy atom. The molecule has 2 rings (SSSR count).